The van der Waals surface area contributed by atoms with Crippen molar-refractivity contribution in [2.24, 2.45) is 5.92 Å². The van der Waals surface area contributed by atoms with Crippen LogP contribution in [0.15, 0.2) is 17.5 Å². The molecule has 0 amide bonds. The van der Waals surface area contributed by atoms with Gasteiger partial charge in [0.15, 0.2) is 5.78 Å². The summed E-state index contributed by atoms with van der Waals surface area (Å²) >= 11 is 3.36. The first-order chi connectivity index (χ1) is 7.36. The average Bonchev–Trinajstić information content (AvgIpc) is 2.90. The van der Waals surface area contributed by atoms with Crippen molar-refractivity contribution in [3.8, 4) is 0 Å². The van der Waals surface area contributed by atoms with Gasteiger partial charge in [-0.2, -0.15) is 11.8 Å². The van der Waals surface area contributed by atoms with Crippen LogP contribution in [0, 0.1) is 5.92 Å². The molecule has 1 heterocycles. The standard InChI is InChI=1S/C12H16OS2/c13-11(12-6-3-7-15-12)9-14-8-10-4-1-2-5-10/h3,6-7,10H,1-2,4-5,8-9H2. The van der Waals surface area contributed by atoms with Crippen molar-refractivity contribution in [1.82, 2.24) is 0 Å². The van der Waals surface area contributed by atoms with E-state index in [1.807, 2.05) is 29.3 Å². The Hall–Kier alpha value is -0.280. The van der Waals surface area contributed by atoms with Gasteiger partial charge in [-0.1, -0.05) is 18.9 Å². The summed E-state index contributed by atoms with van der Waals surface area (Å²) in [6, 6.07) is 3.86. The number of Topliss-reactive ketones (excluding diaryl/α,β-unsaturated/α-hetero) is 1. The minimum atomic E-state index is 0.299. The van der Waals surface area contributed by atoms with Crippen LogP contribution in [0.2, 0.25) is 0 Å². The molecule has 0 spiro atoms. The quantitative estimate of drug-likeness (QED) is 0.727. The summed E-state index contributed by atoms with van der Waals surface area (Å²) in [5.74, 6) is 3.02. The van der Waals surface area contributed by atoms with E-state index in [1.54, 1.807) is 11.3 Å². The maximum Gasteiger partial charge on any atom is 0.182 e. The van der Waals surface area contributed by atoms with E-state index in [2.05, 4.69) is 0 Å². The van der Waals surface area contributed by atoms with Crippen molar-refractivity contribution < 1.29 is 4.79 Å². The van der Waals surface area contributed by atoms with Gasteiger partial charge in [0.1, 0.15) is 0 Å². The summed E-state index contributed by atoms with van der Waals surface area (Å²) in [5, 5.41) is 1.97. The van der Waals surface area contributed by atoms with E-state index < -0.39 is 0 Å². The number of thiophene rings is 1. The normalized spacial score (nSPS) is 17.1. The predicted molar refractivity (Wildman–Crippen MR) is 67.9 cm³/mol. The van der Waals surface area contributed by atoms with Crippen LogP contribution in [-0.2, 0) is 0 Å². The first-order valence-electron chi connectivity index (χ1n) is 5.50. The molecule has 0 aromatic carbocycles. The summed E-state index contributed by atoms with van der Waals surface area (Å²) in [4.78, 5) is 12.6. The third-order valence-corrected chi connectivity index (χ3v) is 4.94. The number of ketones is 1. The number of carbonyl (C=O) groups is 1. The minimum Gasteiger partial charge on any atom is -0.292 e. The first-order valence-corrected chi connectivity index (χ1v) is 7.54. The molecule has 3 heteroatoms. The zero-order chi connectivity index (χ0) is 10.5. The van der Waals surface area contributed by atoms with E-state index in [0.717, 1.165) is 10.8 Å². The Morgan fingerprint density at radius 3 is 2.93 bits per heavy atom. The molecule has 0 aliphatic heterocycles. The lowest BCUT2D eigenvalue weighted by Crippen LogP contribution is -2.03. The van der Waals surface area contributed by atoms with Gasteiger partial charge in [0.25, 0.3) is 0 Å². The molecule has 1 nitrogen and oxygen atoms in total. The molecule has 1 aliphatic carbocycles. The van der Waals surface area contributed by atoms with E-state index >= 15 is 0 Å². The molecule has 1 aromatic heterocycles. The van der Waals surface area contributed by atoms with Crippen molar-refractivity contribution in [3.63, 3.8) is 0 Å². The van der Waals surface area contributed by atoms with Crippen LogP contribution in [0.3, 0.4) is 0 Å². The van der Waals surface area contributed by atoms with Crippen LogP contribution in [-0.4, -0.2) is 17.3 Å². The molecule has 1 saturated carbocycles. The Balaban J connectivity index is 1.67. The molecule has 1 fully saturated rings. The Labute approximate surface area is 99.3 Å². The second kappa shape index (κ2) is 5.71. The minimum absolute atomic E-state index is 0.299. The summed E-state index contributed by atoms with van der Waals surface area (Å²) in [6.07, 6.45) is 5.54. The van der Waals surface area contributed by atoms with Gasteiger partial charge in [-0.25, -0.2) is 0 Å². The second-order valence-corrected chi connectivity index (χ2v) is 6.04. The Kier molecular flexibility index (Phi) is 4.27. The number of carbonyl (C=O) groups excluding carboxylic acids is 1. The van der Waals surface area contributed by atoms with Gasteiger partial charge in [-0.05, 0) is 36.0 Å². The van der Waals surface area contributed by atoms with Crippen LogP contribution in [0.1, 0.15) is 35.4 Å². The van der Waals surface area contributed by atoms with Gasteiger partial charge in [-0.15, -0.1) is 11.3 Å². The predicted octanol–water partition coefficient (Wildman–Crippen LogP) is 3.85. The van der Waals surface area contributed by atoms with Crippen molar-refractivity contribution in [3.05, 3.63) is 22.4 Å². The fourth-order valence-corrected chi connectivity index (χ4v) is 3.88. The highest BCUT2D eigenvalue weighted by Crippen LogP contribution is 2.28. The smallest absolute Gasteiger partial charge is 0.182 e. The summed E-state index contributed by atoms with van der Waals surface area (Å²) < 4.78 is 0. The number of hydrogen-bond donors (Lipinski definition) is 0. The number of thioether (sulfide) groups is 1. The topological polar surface area (TPSA) is 17.1 Å². The fourth-order valence-electron chi connectivity index (χ4n) is 2.00. The molecular weight excluding hydrogens is 224 g/mol. The highest BCUT2D eigenvalue weighted by molar-refractivity contribution is 8.00. The summed E-state index contributed by atoms with van der Waals surface area (Å²) in [7, 11) is 0. The SMILES string of the molecule is O=C(CSCC1CCCC1)c1cccs1. The highest BCUT2D eigenvalue weighted by Gasteiger charge is 2.15. The maximum absolute atomic E-state index is 11.7. The molecule has 0 N–H and O–H groups in total. The van der Waals surface area contributed by atoms with Gasteiger partial charge < -0.3 is 0 Å². The monoisotopic (exact) mass is 240 g/mol. The average molecular weight is 240 g/mol. The van der Waals surface area contributed by atoms with E-state index in [0.29, 0.717) is 11.5 Å². The Morgan fingerprint density at radius 1 is 1.47 bits per heavy atom. The molecule has 1 aromatic rings. The van der Waals surface area contributed by atoms with Crippen LogP contribution >= 0.6 is 23.1 Å². The van der Waals surface area contributed by atoms with Crippen molar-refractivity contribution in [1.29, 1.82) is 0 Å². The lowest BCUT2D eigenvalue weighted by Gasteiger charge is -2.06. The van der Waals surface area contributed by atoms with Crippen LogP contribution in [0.25, 0.3) is 0 Å². The van der Waals surface area contributed by atoms with Gasteiger partial charge in [0, 0.05) is 0 Å². The summed E-state index contributed by atoms with van der Waals surface area (Å²) in [5.41, 5.74) is 0. The molecular formula is C12H16OS2. The van der Waals surface area contributed by atoms with Crippen LogP contribution < -0.4 is 0 Å². The zero-order valence-corrected chi connectivity index (χ0v) is 10.4. The lowest BCUT2D eigenvalue weighted by molar-refractivity contribution is 0.102. The molecule has 15 heavy (non-hydrogen) atoms. The van der Waals surface area contributed by atoms with Gasteiger partial charge in [0.05, 0.1) is 10.6 Å². The highest BCUT2D eigenvalue weighted by atomic mass is 32.2. The largest absolute Gasteiger partial charge is 0.292 e. The van der Waals surface area contributed by atoms with Crippen molar-refractivity contribution >= 4 is 28.9 Å². The zero-order valence-electron chi connectivity index (χ0n) is 8.78. The van der Waals surface area contributed by atoms with Gasteiger partial charge in [0.2, 0.25) is 0 Å². The molecule has 82 valence electrons. The van der Waals surface area contributed by atoms with E-state index in [9.17, 15) is 4.79 Å². The molecule has 0 unspecified atom stereocenters. The first kappa shape index (κ1) is 11.2. The molecule has 0 radical (unpaired) electrons. The van der Waals surface area contributed by atoms with Crippen molar-refractivity contribution in [2.45, 2.75) is 25.7 Å². The molecule has 0 atom stereocenters. The Bertz CT molecular complexity index is 299. The fraction of sp³-hybridized carbons (Fsp3) is 0.583. The number of hydrogen-bond acceptors (Lipinski definition) is 3. The summed E-state index contributed by atoms with van der Waals surface area (Å²) in [6.45, 7) is 0. The molecule has 2 rings (SSSR count). The van der Waals surface area contributed by atoms with E-state index in [-0.39, 0.29) is 0 Å². The van der Waals surface area contributed by atoms with Crippen LogP contribution in [0.4, 0.5) is 0 Å². The van der Waals surface area contributed by atoms with E-state index in [1.165, 1.54) is 31.4 Å². The number of rotatable bonds is 5. The Morgan fingerprint density at radius 2 is 2.27 bits per heavy atom. The van der Waals surface area contributed by atoms with Crippen molar-refractivity contribution in [2.75, 3.05) is 11.5 Å². The van der Waals surface area contributed by atoms with Gasteiger partial charge in [-0.3, -0.25) is 4.79 Å². The molecule has 0 saturated heterocycles. The molecule has 1 aliphatic rings. The second-order valence-electron chi connectivity index (χ2n) is 4.07. The van der Waals surface area contributed by atoms with Gasteiger partial charge >= 0.3 is 0 Å². The molecule has 0 bridgehead atoms. The maximum atomic E-state index is 11.7. The third-order valence-electron chi connectivity index (χ3n) is 2.86. The third kappa shape index (κ3) is 3.35. The van der Waals surface area contributed by atoms with E-state index in [4.69, 9.17) is 0 Å². The lowest BCUT2D eigenvalue weighted by atomic mass is 10.1. The van der Waals surface area contributed by atoms with Crippen LogP contribution in [0.5, 0.6) is 0 Å².